The molecule has 0 aliphatic heterocycles. The smallest absolute Gasteiger partial charge is 0.157 e. The van der Waals surface area contributed by atoms with Crippen molar-refractivity contribution in [3.63, 3.8) is 0 Å². The van der Waals surface area contributed by atoms with Crippen LogP contribution in [0.4, 0.5) is 0 Å². The zero-order valence-corrected chi connectivity index (χ0v) is 13.9. The lowest BCUT2D eigenvalue weighted by Crippen LogP contribution is -2.18. The molecule has 1 unspecified atom stereocenters. The molecule has 0 aliphatic rings. The van der Waals surface area contributed by atoms with E-state index >= 15 is 0 Å². The first-order chi connectivity index (χ1) is 9.92. The number of hydrogen-bond donors (Lipinski definition) is 1. The van der Waals surface area contributed by atoms with E-state index in [1.807, 2.05) is 31.6 Å². The molecule has 2 aromatic rings. The minimum Gasteiger partial charge on any atom is -0.319 e. The number of aryl methyl sites for hydroxylation is 3. The Hall–Kier alpha value is -1.75. The molecule has 5 nitrogen and oxygen atoms in total. The highest BCUT2D eigenvalue weighted by atomic mass is 15.3. The Morgan fingerprint density at radius 1 is 1.19 bits per heavy atom. The topological polar surface area (TPSA) is 55.6 Å². The van der Waals surface area contributed by atoms with Gasteiger partial charge in [0.2, 0.25) is 0 Å². The molecule has 0 fully saturated rings. The monoisotopic (exact) mass is 287 g/mol. The molecule has 0 radical (unpaired) electrons. The Balaban J connectivity index is 2.38. The minimum absolute atomic E-state index is 0.582. The maximum atomic E-state index is 4.68. The molecule has 0 amide bonds. The van der Waals surface area contributed by atoms with Crippen LogP contribution < -0.4 is 5.32 Å². The van der Waals surface area contributed by atoms with Crippen LogP contribution in [-0.4, -0.2) is 33.3 Å². The van der Waals surface area contributed by atoms with Gasteiger partial charge in [-0.3, -0.25) is 0 Å². The molecule has 1 atom stereocenters. The predicted octanol–water partition coefficient (Wildman–Crippen LogP) is 2.29. The quantitative estimate of drug-likeness (QED) is 0.916. The van der Waals surface area contributed by atoms with Gasteiger partial charge >= 0.3 is 0 Å². The molecule has 2 heterocycles. The Bertz CT molecular complexity index is 610. The Kier molecular flexibility index (Phi) is 4.73. The van der Waals surface area contributed by atoms with E-state index in [0.717, 1.165) is 36.0 Å². The van der Waals surface area contributed by atoms with Gasteiger partial charge in [0.1, 0.15) is 5.82 Å². The second kappa shape index (κ2) is 6.35. The van der Waals surface area contributed by atoms with Crippen LogP contribution in [0.15, 0.2) is 6.07 Å². The summed E-state index contributed by atoms with van der Waals surface area (Å²) in [5.74, 6) is 2.22. The molecule has 1 N–H and O–H groups in total. The first kappa shape index (κ1) is 15.6. The molecular weight excluding hydrogens is 262 g/mol. The third-order valence-electron chi connectivity index (χ3n) is 3.72. The van der Waals surface area contributed by atoms with Gasteiger partial charge in [0.25, 0.3) is 0 Å². The van der Waals surface area contributed by atoms with Crippen molar-refractivity contribution >= 4 is 0 Å². The summed E-state index contributed by atoms with van der Waals surface area (Å²) < 4.78 is 1.94. The normalized spacial score (nSPS) is 12.7. The Labute approximate surface area is 126 Å². The first-order valence-electron chi connectivity index (χ1n) is 7.44. The van der Waals surface area contributed by atoms with Crippen molar-refractivity contribution in [3.8, 4) is 5.82 Å². The number of nitrogens with one attached hydrogen (secondary N) is 1. The van der Waals surface area contributed by atoms with Gasteiger partial charge in [0.15, 0.2) is 5.82 Å². The second-order valence-electron chi connectivity index (χ2n) is 5.84. The highest BCUT2D eigenvalue weighted by Gasteiger charge is 2.16. The summed E-state index contributed by atoms with van der Waals surface area (Å²) >= 11 is 0. The number of nitrogens with zero attached hydrogens (tertiary/aromatic N) is 4. The molecule has 5 heteroatoms. The fraction of sp³-hybridized carbons (Fsp3) is 0.562. The fourth-order valence-corrected chi connectivity index (χ4v) is 2.77. The fourth-order valence-electron chi connectivity index (χ4n) is 2.77. The van der Waals surface area contributed by atoms with Gasteiger partial charge in [0.05, 0.1) is 5.69 Å². The molecule has 2 aromatic heterocycles. The van der Waals surface area contributed by atoms with E-state index in [1.54, 1.807) is 0 Å². The Morgan fingerprint density at radius 3 is 2.52 bits per heavy atom. The highest BCUT2D eigenvalue weighted by molar-refractivity contribution is 5.33. The van der Waals surface area contributed by atoms with Crippen LogP contribution in [0, 0.1) is 33.6 Å². The second-order valence-corrected chi connectivity index (χ2v) is 5.84. The van der Waals surface area contributed by atoms with E-state index in [9.17, 15) is 0 Å². The number of rotatable bonds is 5. The summed E-state index contributed by atoms with van der Waals surface area (Å²) in [5.41, 5.74) is 4.55. The first-order valence-corrected chi connectivity index (χ1v) is 7.44. The van der Waals surface area contributed by atoms with Crippen molar-refractivity contribution in [1.29, 1.82) is 0 Å². The third kappa shape index (κ3) is 3.47. The van der Waals surface area contributed by atoms with Crippen molar-refractivity contribution < 1.29 is 0 Å². The van der Waals surface area contributed by atoms with Gasteiger partial charge < -0.3 is 5.32 Å². The molecule has 0 saturated carbocycles. The van der Waals surface area contributed by atoms with Crippen LogP contribution in [0.2, 0.25) is 0 Å². The Morgan fingerprint density at radius 2 is 1.90 bits per heavy atom. The van der Waals surface area contributed by atoms with Crippen LogP contribution in [-0.2, 0) is 6.42 Å². The molecular formula is C16H25N5. The summed E-state index contributed by atoms with van der Waals surface area (Å²) in [4.78, 5) is 8.84. The molecule has 0 aliphatic carbocycles. The SMILES string of the molecule is CNCC(C)Cc1c(C)nn(-c2cc(C)nc(C)n2)c1C. The zero-order valence-electron chi connectivity index (χ0n) is 13.9. The summed E-state index contributed by atoms with van der Waals surface area (Å²) in [6.45, 7) is 11.4. The maximum Gasteiger partial charge on any atom is 0.157 e. The van der Waals surface area contributed by atoms with Crippen molar-refractivity contribution in [1.82, 2.24) is 25.1 Å². The predicted molar refractivity (Wildman–Crippen MR) is 84.9 cm³/mol. The van der Waals surface area contributed by atoms with Crippen molar-refractivity contribution in [2.45, 2.75) is 41.0 Å². The van der Waals surface area contributed by atoms with Crippen LogP contribution in [0.25, 0.3) is 5.82 Å². The summed E-state index contributed by atoms with van der Waals surface area (Å²) in [7, 11) is 1.99. The van der Waals surface area contributed by atoms with Crippen molar-refractivity contribution in [2.75, 3.05) is 13.6 Å². The van der Waals surface area contributed by atoms with E-state index in [-0.39, 0.29) is 0 Å². The zero-order chi connectivity index (χ0) is 15.6. The van der Waals surface area contributed by atoms with Gasteiger partial charge in [-0.25, -0.2) is 14.6 Å². The largest absolute Gasteiger partial charge is 0.319 e. The lowest BCUT2D eigenvalue weighted by molar-refractivity contribution is 0.539. The van der Waals surface area contributed by atoms with Crippen LogP contribution in [0.5, 0.6) is 0 Å². The van der Waals surface area contributed by atoms with Gasteiger partial charge in [0, 0.05) is 17.5 Å². The lowest BCUT2D eigenvalue weighted by Gasteiger charge is -2.11. The molecule has 2 rings (SSSR count). The van der Waals surface area contributed by atoms with E-state index in [4.69, 9.17) is 0 Å². The average Bonchev–Trinajstić information content (AvgIpc) is 2.66. The third-order valence-corrected chi connectivity index (χ3v) is 3.72. The van der Waals surface area contributed by atoms with E-state index in [2.05, 4.69) is 41.2 Å². The summed E-state index contributed by atoms with van der Waals surface area (Å²) in [6, 6.07) is 1.98. The van der Waals surface area contributed by atoms with E-state index in [1.165, 1.54) is 11.3 Å². The van der Waals surface area contributed by atoms with Gasteiger partial charge in [-0.05, 0) is 59.2 Å². The van der Waals surface area contributed by atoms with E-state index in [0.29, 0.717) is 5.92 Å². The maximum absolute atomic E-state index is 4.68. The molecule has 21 heavy (non-hydrogen) atoms. The summed E-state index contributed by atoms with van der Waals surface area (Å²) in [6.07, 6.45) is 1.03. The molecule has 0 saturated heterocycles. The van der Waals surface area contributed by atoms with Crippen molar-refractivity contribution in [3.05, 3.63) is 34.5 Å². The molecule has 0 spiro atoms. The average molecular weight is 287 g/mol. The van der Waals surface area contributed by atoms with Crippen LogP contribution in [0.3, 0.4) is 0 Å². The van der Waals surface area contributed by atoms with Gasteiger partial charge in [-0.1, -0.05) is 6.92 Å². The van der Waals surface area contributed by atoms with Gasteiger partial charge in [-0.2, -0.15) is 5.10 Å². The standard InChI is InChI=1S/C16H25N5/c1-10(9-17-6)7-15-12(3)20-21(13(15)4)16-8-11(2)18-14(5)19-16/h8,10,17H,7,9H2,1-6H3. The van der Waals surface area contributed by atoms with Crippen molar-refractivity contribution in [2.24, 2.45) is 5.92 Å². The highest BCUT2D eigenvalue weighted by Crippen LogP contribution is 2.20. The van der Waals surface area contributed by atoms with E-state index < -0.39 is 0 Å². The number of aromatic nitrogens is 4. The van der Waals surface area contributed by atoms with Crippen LogP contribution >= 0.6 is 0 Å². The van der Waals surface area contributed by atoms with Gasteiger partial charge in [-0.15, -0.1) is 0 Å². The molecule has 0 aromatic carbocycles. The minimum atomic E-state index is 0.582. The molecule has 0 bridgehead atoms. The lowest BCUT2D eigenvalue weighted by atomic mass is 10.00. The molecule has 114 valence electrons. The van der Waals surface area contributed by atoms with Crippen LogP contribution in [0.1, 0.15) is 35.4 Å². The number of hydrogen-bond acceptors (Lipinski definition) is 4. The summed E-state index contributed by atoms with van der Waals surface area (Å²) in [5, 5.41) is 7.91.